The average molecular weight is 384 g/mol. The van der Waals surface area contributed by atoms with Crippen LogP contribution in [0, 0.1) is 0 Å². The third-order valence-corrected chi connectivity index (χ3v) is 3.59. The molecule has 0 bridgehead atoms. The molecule has 26 heavy (non-hydrogen) atoms. The highest BCUT2D eigenvalue weighted by Gasteiger charge is 2.43. The van der Waals surface area contributed by atoms with Gasteiger partial charge in [-0.3, -0.25) is 4.79 Å². The summed E-state index contributed by atoms with van der Waals surface area (Å²) in [5.41, 5.74) is -0.717. The number of amides is 2. The molecule has 2 amide bonds. The topological polar surface area (TPSA) is 70.1 Å². The third kappa shape index (κ3) is 8.25. The first-order valence-electron chi connectivity index (χ1n) is 8.92. The van der Waals surface area contributed by atoms with Gasteiger partial charge < -0.3 is 19.6 Å². The number of carbonyl (C=O) groups is 2. The SMILES string of the molecule is CC.CC(C)(C)OC(=O)N1CCCCC1CN(CCO)C(=O)C(F)(F)F. The van der Waals surface area contributed by atoms with Crippen molar-refractivity contribution in [3.63, 3.8) is 0 Å². The van der Waals surface area contributed by atoms with Crippen molar-refractivity contribution in [1.29, 1.82) is 0 Å². The van der Waals surface area contributed by atoms with E-state index in [9.17, 15) is 22.8 Å². The van der Waals surface area contributed by atoms with Crippen molar-refractivity contribution in [2.24, 2.45) is 0 Å². The summed E-state index contributed by atoms with van der Waals surface area (Å²) in [6, 6.07) is -0.563. The van der Waals surface area contributed by atoms with Gasteiger partial charge in [-0.25, -0.2) is 4.79 Å². The maximum atomic E-state index is 12.7. The van der Waals surface area contributed by atoms with Gasteiger partial charge in [0.05, 0.1) is 12.6 Å². The van der Waals surface area contributed by atoms with E-state index in [1.165, 1.54) is 4.90 Å². The fourth-order valence-corrected chi connectivity index (χ4v) is 2.58. The molecule has 1 rings (SSSR count). The van der Waals surface area contributed by atoms with Crippen LogP contribution in [0.3, 0.4) is 0 Å². The Bertz CT molecular complexity index is 450. The number of piperidine rings is 1. The second-order valence-electron chi connectivity index (χ2n) is 6.80. The molecule has 6 nitrogen and oxygen atoms in total. The molecule has 0 aromatic carbocycles. The van der Waals surface area contributed by atoms with Gasteiger partial charge in [0, 0.05) is 19.6 Å². The zero-order valence-corrected chi connectivity index (χ0v) is 16.2. The number of aliphatic hydroxyl groups is 1. The summed E-state index contributed by atoms with van der Waals surface area (Å²) < 4.78 is 43.3. The van der Waals surface area contributed by atoms with Crippen LogP contribution in [0.4, 0.5) is 18.0 Å². The summed E-state index contributed by atoms with van der Waals surface area (Å²) >= 11 is 0. The molecule has 1 unspecified atom stereocenters. The molecule has 0 aliphatic carbocycles. The summed E-state index contributed by atoms with van der Waals surface area (Å²) in [7, 11) is 0. The van der Waals surface area contributed by atoms with E-state index >= 15 is 0 Å². The van der Waals surface area contributed by atoms with Crippen molar-refractivity contribution < 1.29 is 32.6 Å². The first kappa shape index (κ1) is 24.5. The smallest absolute Gasteiger partial charge is 0.444 e. The average Bonchev–Trinajstić information content (AvgIpc) is 2.53. The van der Waals surface area contributed by atoms with Gasteiger partial charge in [-0.1, -0.05) is 13.8 Å². The largest absolute Gasteiger partial charge is 0.471 e. The quantitative estimate of drug-likeness (QED) is 0.808. The van der Waals surface area contributed by atoms with Gasteiger partial charge in [0.15, 0.2) is 0 Å². The number of carbonyl (C=O) groups excluding carboxylic acids is 2. The molecule has 1 atom stereocenters. The molecule has 0 radical (unpaired) electrons. The van der Waals surface area contributed by atoms with Crippen LogP contribution in [0.1, 0.15) is 53.9 Å². The molecule has 0 aromatic heterocycles. The normalized spacial score (nSPS) is 17.9. The highest BCUT2D eigenvalue weighted by molar-refractivity contribution is 5.82. The molecule has 9 heteroatoms. The van der Waals surface area contributed by atoms with E-state index in [4.69, 9.17) is 9.84 Å². The number of hydrogen-bond acceptors (Lipinski definition) is 4. The third-order valence-electron chi connectivity index (χ3n) is 3.59. The molecule has 0 spiro atoms. The number of rotatable bonds is 4. The molecule has 0 saturated carbocycles. The molecule has 1 N–H and O–H groups in total. The van der Waals surface area contributed by atoms with Crippen molar-refractivity contribution in [1.82, 2.24) is 9.80 Å². The fraction of sp³-hybridized carbons (Fsp3) is 0.882. The van der Waals surface area contributed by atoms with Crippen LogP contribution < -0.4 is 0 Å². The van der Waals surface area contributed by atoms with Crippen LogP contribution in [0.25, 0.3) is 0 Å². The Morgan fingerprint density at radius 3 is 2.23 bits per heavy atom. The summed E-state index contributed by atoms with van der Waals surface area (Å²) in [6.07, 6.45) is -3.66. The number of ether oxygens (including phenoxy) is 1. The molecule has 0 aromatic rings. The van der Waals surface area contributed by atoms with Crippen LogP contribution in [0.5, 0.6) is 0 Å². The van der Waals surface area contributed by atoms with Crippen molar-refractivity contribution >= 4 is 12.0 Å². The summed E-state index contributed by atoms with van der Waals surface area (Å²) in [5.74, 6) is -2.01. The minimum atomic E-state index is -5.01. The van der Waals surface area contributed by atoms with Crippen molar-refractivity contribution in [2.45, 2.75) is 71.7 Å². The number of alkyl halides is 3. The standard InChI is InChI=1S/C15H25F3N2O4.C2H6/c1-14(2,3)24-13(23)20-7-5-4-6-11(20)10-19(8-9-21)12(22)15(16,17)18;1-2/h11,21H,4-10H2,1-3H3;1-2H3. The second kappa shape index (κ2) is 10.6. The Morgan fingerprint density at radius 1 is 1.19 bits per heavy atom. The van der Waals surface area contributed by atoms with Gasteiger partial charge in [-0.2, -0.15) is 13.2 Å². The van der Waals surface area contributed by atoms with Gasteiger partial charge in [0.25, 0.3) is 0 Å². The van der Waals surface area contributed by atoms with Gasteiger partial charge >= 0.3 is 18.2 Å². The van der Waals surface area contributed by atoms with E-state index in [0.717, 1.165) is 12.8 Å². The van der Waals surface area contributed by atoms with Gasteiger partial charge in [0.2, 0.25) is 0 Å². The van der Waals surface area contributed by atoms with E-state index in [0.29, 0.717) is 17.9 Å². The minimum Gasteiger partial charge on any atom is -0.444 e. The lowest BCUT2D eigenvalue weighted by Gasteiger charge is -2.39. The van der Waals surface area contributed by atoms with Gasteiger partial charge in [0.1, 0.15) is 5.60 Å². The molecule has 1 fully saturated rings. The van der Waals surface area contributed by atoms with E-state index in [-0.39, 0.29) is 6.54 Å². The predicted octanol–water partition coefficient (Wildman–Crippen LogP) is 3.19. The maximum Gasteiger partial charge on any atom is 0.471 e. The molecule has 1 saturated heterocycles. The van der Waals surface area contributed by atoms with Crippen LogP contribution in [0.15, 0.2) is 0 Å². The lowest BCUT2D eigenvalue weighted by molar-refractivity contribution is -0.186. The minimum absolute atomic E-state index is 0.280. The van der Waals surface area contributed by atoms with E-state index in [1.54, 1.807) is 20.8 Å². The zero-order chi connectivity index (χ0) is 20.5. The Balaban J connectivity index is 0.00000301. The predicted molar refractivity (Wildman–Crippen MR) is 91.6 cm³/mol. The van der Waals surface area contributed by atoms with Crippen molar-refractivity contribution in [3.8, 4) is 0 Å². The monoisotopic (exact) mass is 384 g/mol. The van der Waals surface area contributed by atoms with Crippen molar-refractivity contribution in [2.75, 3.05) is 26.2 Å². The van der Waals surface area contributed by atoms with Gasteiger partial charge in [-0.05, 0) is 40.0 Å². The lowest BCUT2D eigenvalue weighted by atomic mass is 10.0. The molecule has 1 aliphatic rings. The first-order chi connectivity index (χ1) is 12.0. The van der Waals surface area contributed by atoms with Gasteiger partial charge in [-0.15, -0.1) is 0 Å². The molecule has 1 heterocycles. The van der Waals surface area contributed by atoms with E-state index in [2.05, 4.69) is 0 Å². The summed E-state index contributed by atoms with van der Waals surface area (Å²) in [5, 5.41) is 8.94. The molecular formula is C17H31F3N2O4. The molecule has 154 valence electrons. The Morgan fingerprint density at radius 2 is 1.77 bits per heavy atom. The van der Waals surface area contributed by atoms with Crippen LogP contribution in [-0.2, 0) is 9.53 Å². The number of aliphatic hydroxyl groups excluding tert-OH is 1. The molecule has 1 aliphatic heterocycles. The molecular weight excluding hydrogens is 353 g/mol. The summed E-state index contributed by atoms with van der Waals surface area (Å²) in [4.78, 5) is 25.7. The number of likely N-dealkylation sites (tertiary alicyclic amines) is 1. The highest BCUT2D eigenvalue weighted by Crippen LogP contribution is 2.24. The number of halogens is 3. The van der Waals surface area contributed by atoms with Crippen molar-refractivity contribution in [3.05, 3.63) is 0 Å². The second-order valence-corrected chi connectivity index (χ2v) is 6.80. The maximum absolute atomic E-state index is 12.7. The first-order valence-corrected chi connectivity index (χ1v) is 8.92. The van der Waals surface area contributed by atoms with E-state index in [1.807, 2.05) is 13.8 Å². The number of hydrogen-bond donors (Lipinski definition) is 1. The Labute approximate surface area is 153 Å². The fourth-order valence-electron chi connectivity index (χ4n) is 2.58. The zero-order valence-electron chi connectivity index (χ0n) is 16.2. The Kier molecular flexibility index (Phi) is 9.98. The van der Waals surface area contributed by atoms with Crippen LogP contribution in [-0.4, -0.2) is 71.0 Å². The number of nitrogens with zero attached hydrogens (tertiary/aromatic N) is 2. The van der Waals surface area contributed by atoms with Crippen LogP contribution >= 0.6 is 0 Å². The Hall–Kier alpha value is -1.51. The van der Waals surface area contributed by atoms with E-state index < -0.39 is 43.0 Å². The highest BCUT2D eigenvalue weighted by atomic mass is 19.4. The lowest BCUT2D eigenvalue weighted by Crippen LogP contribution is -2.54. The van der Waals surface area contributed by atoms with Crippen LogP contribution in [0.2, 0.25) is 0 Å². The summed E-state index contributed by atoms with van der Waals surface area (Å²) in [6.45, 7) is 8.18.